The molecule has 0 unspecified atom stereocenters. The summed E-state index contributed by atoms with van der Waals surface area (Å²) >= 11 is 0. The van der Waals surface area contributed by atoms with Gasteiger partial charge in [0, 0.05) is 6.20 Å². The molecule has 2 aromatic heterocycles. The molecule has 0 N–H and O–H groups in total. The lowest BCUT2D eigenvalue weighted by molar-refractivity contribution is 0.0388. The van der Waals surface area contributed by atoms with Crippen LogP contribution in [-0.2, 0) is 11.3 Å². The first-order chi connectivity index (χ1) is 11.2. The van der Waals surface area contributed by atoms with E-state index < -0.39 is 5.97 Å². The predicted octanol–water partition coefficient (Wildman–Crippen LogP) is 2.48. The van der Waals surface area contributed by atoms with Crippen LogP contribution in [-0.4, -0.2) is 32.6 Å². The summed E-state index contributed by atoms with van der Waals surface area (Å²) in [6, 6.07) is 5.67. The molecule has 0 radical (unpaired) electrons. The van der Waals surface area contributed by atoms with Crippen LogP contribution in [0.1, 0.15) is 35.9 Å². The minimum Gasteiger partial charge on any atom is -0.461 e. The van der Waals surface area contributed by atoms with E-state index >= 15 is 0 Å². The quantitative estimate of drug-likeness (QED) is 0.626. The summed E-state index contributed by atoms with van der Waals surface area (Å²) in [5.74, 6) is 0.499. The molecule has 2 heterocycles. The average molecular weight is 312 g/mol. The number of carbonyl (C=O) groups excluding carboxylic acids is 1. The number of aromatic nitrogens is 4. The van der Waals surface area contributed by atoms with Crippen LogP contribution < -0.4 is 0 Å². The summed E-state index contributed by atoms with van der Waals surface area (Å²) < 4.78 is 6.99. The third-order valence-electron chi connectivity index (χ3n) is 4.14. The number of nitrogens with zero attached hydrogens (tertiary/aromatic N) is 4. The smallest absolute Gasteiger partial charge is 0.360 e. The lowest BCUT2D eigenvalue weighted by atomic mass is 9.85. The van der Waals surface area contributed by atoms with Gasteiger partial charge in [-0.15, -0.1) is 5.10 Å². The molecule has 0 saturated carbocycles. The highest BCUT2D eigenvalue weighted by molar-refractivity contribution is 5.86. The van der Waals surface area contributed by atoms with E-state index in [0.717, 1.165) is 18.5 Å². The van der Waals surface area contributed by atoms with Crippen LogP contribution >= 0.6 is 0 Å². The van der Waals surface area contributed by atoms with Crippen molar-refractivity contribution in [3.05, 3.63) is 54.1 Å². The van der Waals surface area contributed by atoms with Crippen molar-refractivity contribution in [1.29, 1.82) is 0 Å². The first-order valence-electron chi connectivity index (χ1n) is 7.84. The topological polar surface area (TPSA) is 69.9 Å². The molecule has 0 aromatic carbocycles. The standard InChI is InChI=1S/C17H20N4O2/c1-13-6-2-3-7-14(13)12-23-17(22)16-11-21(20-19-16)10-15-8-4-5-9-18-15/h2-5,8-9,11,13-14H,6-7,10,12H2,1H3/t13-,14-/m1/s1. The molecule has 3 rings (SSSR count). The van der Waals surface area contributed by atoms with Gasteiger partial charge in [-0.1, -0.05) is 30.4 Å². The van der Waals surface area contributed by atoms with Gasteiger partial charge in [-0.2, -0.15) is 0 Å². The van der Waals surface area contributed by atoms with Gasteiger partial charge in [0.05, 0.1) is 25.0 Å². The van der Waals surface area contributed by atoms with Gasteiger partial charge in [-0.05, 0) is 36.8 Å². The van der Waals surface area contributed by atoms with Crippen LogP contribution in [0.3, 0.4) is 0 Å². The third-order valence-corrected chi connectivity index (χ3v) is 4.14. The van der Waals surface area contributed by atoms with Gasteiger partial charge in [0.1, 0.15) is 0 Å². The van der Waals surface area contributed by atoms with E-state index in [1.54, 1.807) is 17.1 Å². The molecule has 0 spiro atoms. The Hall–Kier alpha value is -2.50. The fourth-order valence-corrected chi connectivity index (χ4v) is 2.62. The summed E-state index contributed by atoms with van der Waals surface area (Å²) in [7, 11) is 0. The maximum Gasteiger partial charge on any atom is 0.360 e. The Morgan fingerprint density at radius 2 is 2.22 bits per heavy atom. The van der Waals surface area contributed by atoms with Crippen molar-refractivity contribution in [3.8, 4) is 0 Å². The number of pyridine rings is 1. The second-order valence-electron chi connectivity index (χ2n) is 5.90. The number of rotatable bonds is 5. The normalized spacial score (nSPS) is 20.4. The maximum atomic E-state index is 12.1. The van der Waals surface area contributed by atoms with Crippen LogP contribution in [0.4, 0.5) is 0 Å². The van der Waals surface area contributed by atoms with Crippen molar-refractivity contribution < 1.29 is 9.53 Å². The Kier molecular flexibility index (Phi) is 4.80. The molecular weight excluding hydrogens is 292 g/mol. The monoisotopic (exact) mass is 312 g/mol. The minimum atomic E-state index is -0.418. The van der Waals surface area contributed by atoms with E-state index in [1.807, 2.05) is 18.2 Å². The Balaban J connectivity index is 1.55. The van der Waals surface area contributed by atoms with Gasteiger partial charge in [-0.25, -0.2) is 9.48 Å². The van der Waals surface area contributed by atoms with Crippen molar-refractivity contribution in [2.24, 2.45) is 11.8 Å². The van der Waals surface area contributed by atoms with E-state index in [4.69, 9.17) is 4.74 Å². The zero-order chi connectivity index (χ0) is 16.1. The molecule has 2 aromatic rings. The van der Waals surface area contributed by atoms with Crippen molar-refractivity contribution in [2.45, 2.75) is 26.3 Å². The third kappa shape index (κ3) is 4.03. The van der Waals surface area contributed by atoms with Crippen LogP contribution in [0.5, 0.6) is 0 Å². The highest BCUT2D eigenvalue weighted by atomic mass is 16.5. The van der Waals surface area contributed by atoms with Crippen molar-refractivity contribution in [1.82, 2.24) is 20.0 Å². The Labute approximate surface area is 135 Å². The van der Waals surface area contributed by atoms with Gasteiger partial charge in [0.25, 0.3) is 0 Å². The molecule has 1 aliphatic carbocycles. The summed E-state index contributed by atoms with van der Waals surface area (Å²) in [5, 5.41) is 7.85. The highest BCUT2D eigenvalue weighted by Gasteiger charge is 2.21. The molecule has 0 fully saturated rings. The lowest BCUT2D eigenvalue weighted by Crippen LogP contribution is -2.21. The van der Waals surface area contributed by atoms with Crippen LogP contribution in [0.15, 0.2) is 42.7 Å². The number of esters is 1. The van der Waals surface area contributed by atoms with Gasteiger partial charge < -0.3 is 4.74 Å². The molecule has 6 nitrogen and oxygen atoms in total. The SMILES string of the molecule is C[C@@H]1CC=CC[C@@H]1COC(=O)c1cn(Cc2ccccn2)nn1. The number of allylic oxidation sites excluding steroid dienone is 2. The summed E-state index contributed by atoms with van der Waals surface area (Å²) in [6.07, 6.45) is 9.67. The zero-order valence-electron chi connectivity index (χ0n) is 13.1. The van der Waals surface area contributed by atoms with Gasteiger partial charge in [0.15, 0.2) is 5.69 Å². The second kappa shape index (κ2) is 7.17. The molecular formula is C17H20N4O2. The second-order valence-corrected chi connectivity index (χ2v) is 5.90. The zero-order valence-corrected chi connectivity index (χ0v) is 13.1. The molecule has 0 saturated heterocycles. The molecule has 0 bridgehead atoms. The molecule has 0 amide bonds. The molecule has 1 aliphatic rings. The Bertz CT molecular complexity index is 681. The lowest BCUT2D eigenvalue weighted by Gasteiger charge is -2.24. The van der Waals surface area contributed by atoms with E-state index in [2.05, 4.69) is 34.4 Å². The average Bonchev–Trinajstić information content (AvgIpc) is 3.03. The fraction of sp³-hybridized carbons (Fsp3) is 0.412. The highest BCUT2D eigenvalue weighted by Crippen LogP contribution is 2.25. The van der Waals surface area contributed by atoms with Gasteiger partial charge >= 0.3 is 5.97 Å². The minimum absolute atomic E-state index is 0.236. The number of carbonyl (C=O) groups is 1. The Morgan fingerprint density at radius 1 is 1.35 bits per heavy atom. The Morgan fingerprint density at radius 3 is 3.00 bits per heavy atom. The van der Waals surface area contributed by atoms with E-state index in [-0.39, 0.29) is 5.69 Å². The summed E-state index contributed by atoms with van der Waals surface area (Å²) in [5.41, 5.74) is 1.10. The summed E-state index contributed by atoms with van der Waals surface area (Å²) in [4.78, 5) is 16.3. The molecule has 120 valence electrons. The van der Waals surface area contributed by atoms with Gasteiger partial charge in [-0.3, -0.25) is 4.98 Å². The van der Waals surface area contributed by atoms with E-state index in [1.165, 1.54) is 0 Å². The largest absolute Gasteiger partial charge is 0.461 e. The number of ether oxygens (including phenoxy) is 1. The van der Waals surface area contributed by atoms with Crippen molar-refractivity contribution in [2.75, 3.05) is 6.61 Å². The maximum absolute atomic E-state index is 12.1. The van der Waals surface area contributed by atoms with Crippen LogP contribution in [0.2, 0.25) is 0 Å². The predicted molar refractivity (Wildman–Crippen MR) is 84.7 cm³/mol. The fourth-order valence-electron chi connectivity index (χ4n) is 2.62. The van der Waals surface area contributed by atoms with Gasteiger partial charge in [0.2, 0.25) is 0 Å². The molecule has 23 heavy (non-hydrogen) atoms. The first kappa shape index (κ1) is 15.4. The number of hydrogen-bond acceptors (Lipinski definition) is 5. The van der Waals surface area contributed by atoms with Crippen molar-refractivity contribution >= 4 is 5.97 Å². The van der Waals surface area contributed by atoms with Crippen LogP contribution in [0.25, 0.3) is 0 Å². The van der Waals surface area contributed by atoms with E-state index in [9.17, 15) is 4.79 Å². The number of hydrogen-bond donors (Lipinski definition) is 0. The first-order valence-corrected chi connectivity index (χ1v) is 7.84. The van der Waals surface area contributed by atoms with Crippen molar-refractivity contribution in [3.63, 3.8) is 0 Å². The van der Waals surface area contributed by atoms with Crippen LogP contribution in [0, 0.1) is 11.8 Å². The summed E-state index contributed by atoms with van der Waals surface area (Å²) in [6.45, 7) is 3.09. The molecule has 2 atom stereocenters. The molecule has 6 heteroatoms. The molecule has 0 aliphatic heterocycles. The van der Waals surface area contributed by atoms with E-state index in [0.29, 0.717) is 25.0 Å².